The van der Waals surface area contributed by atoms with Crippen molar-refractivity contribution < 1.29 is 9.53 Å². The number of hydrogen-bond acceptors (Lipinski definition) is 3. The van der Waals surface area contributed by atoms with Crippen LogP contribution >= 0.6 is 0 Å². The van der Waals surface area contributed by atoms with Gasteiger partial charge >= 0.3 is 0 Å². The van der Waals surface area contributed by atoms with Crippen LogP contribution in [0.5, 0.6) is 5.75 Å². The minimum atomic E-state index is -0.211. The molecule has 1 saturated carbocycles. The number of aryl methyl sites for hydroxylation is 1. The molecular formula is C19H28N2O2. The van der Waals surface area contributed by atoms with Crippen molar-refractivity contribution in [1.29, 1.82) is 0 Å². The van der Waals surface area contributed by atoms with Crippen molar-refractivity contribution in [2.45, 2.75) is 53.4 Å². The number of carbonyl (C=O) groups excluding carboxylic acids is 1. The molecule has 126 valence electrons. The summed E-state index contributed by atoms with van der Waals surface area (Å²) in [5, 5.41) is 4.27. The number of nitrogens with one attached hydrogen (secondary N) is 1. The molecule has 1 amide bonds. The standard InChI is InChI=1S/C19H28N2O2/c1-14-6-5-7-17(12-14)23-13-18(22)21-20-16-10-8-15(9-11-16)19(2,3)4/h5-7,12,15H,8-11,13H2,1-4H3,(H,21,22). The van der Waals surface area contributed by atoms with E-state index in [1.807, 2.05) is 31.2 Å². The molecule has 0 bridgehead atoms. The Balaban J connectivity index is 1.74. The Morgan fingerprint density at radius 2 is 2.00 bits per heavy atom. The zero-order chi connectivity index (χ0) is 16.9. The molecule has 0 saturated heterocycles. The van der Waals surface area contributed by atoms with Crippen molar-refractivity contribution in [3.05, 3.63) is 29.8 Å². The van der Waals surface area contributed by atoms with Gasteiger partial charge in [-0.15, -0.1) is 0 Å². The summed E-state index contributed by atoms with van der Waals surface area (Å²) in [7, 11) is 0. The molecule has 1 aliphatic carbocycles. The van der Waals surface area contributed by atoms with Crippen LogP contribution in [-0.2, 0) is 4.79 Å². The van der Waals surface area contributed by atoms with Gasteiger partial charge < -0.3 is 4.74 Å². The molecule has 0 atom stereocenters. The number of hydrazone groups is 1. The van der Waals surface area contributed by atoms with Crippen LogP contribution in [0.3, 0.4) is 0 Å². The van der Waals surface area contributed by atoms with Crippen LogP contribution in [-0.4, -0.2) is 18.2 Å². The molecule has 0 unspecified atom stereocenters. The summed E-state index contributed by atoms with van der Waals surface area (Å²) in [6, 6.07) is 7.66. The first-order valence-electron chi connectivity index (χ1n) is 8.38. The molecule has 0 aliphatic heterocycles. The quantitative estimate of drug-likeness (QED) is 0.851. The van der Waals surface area contributed by atoms with Crippen molar-refractivity contribution in [2.24, 2.45) is 16.4 Å². The van der Waals surface area contributed by atoms with Gasteiger partial charge in [-0.2, -0.15) is 5.10 Å². The SMILES string of the molecule is Cc1cccc(OCC(=O)NN=C2CCC(C(C)(C)C)CC2)c1. The predicted octanol–water partition coefficient (Wildman–Crippen LogP) is 4.08. The Morgan fingerprint density at radius 3 is 2.61 bits per heavy atom. The van der Waals surface area contributed by atoms with Crippen LogP contribution in [0.2, 0.25) is 0 Å². The number of nitrogens with zero attached hydrogens (tertiary/aromatic N) is 1. The summed E-state index contributed by atoms with van der Waals surface area (Å²) in [5.74, 6) is 1.23. The number of carbonyl (C=O) groups is 1. The van der Waals surface area contributed by atoms with Crippen LogP contribution in [0.1, 0.15) is 52.0 Å². The van der Waals surface area contributed by atoms with Gasteiger partial charge in [0.1, 0.15) is 5.75 Å². The van der Waals surface area contributed by atoms with Gasteiger partial charge in [0.05, 0.1) is 0 Å². The Bertz CT molecular complexity index is 563. The number of rotatable bonds is 4. The highest BCUT2D eigenvalue weighted by atomic mass is 16.5. The minimum Gasteiger partial charge on any atom is -0.484 e. The molecule has 1 aromatic carbocycles. The Morgan fingerprint density at radius 1 is 1.30 bits per heavy atom. The molecule has 0 radical (unpaired) electrons. The molecule has 0 aromatic heterocycles. The molecule has 1 aliphatic rings. The van der Waals surface area contributed by atoms with E-state index < -0.39 is 0 Å². The molecular weight excluding hydrogens is 288 g/mol. The summed E-state index contributed by atoms with van der Waals surface area (Å²) in [6.07, 6.45) is 4.25. The normalized spacial score (nSPS) is 18.4. The second-order valence-electron chi connectivity index (χ2n) is 7.46. The largest absolute Gasteiger partial charge is 0.484 e. The predicted molar refractivity (Wildman–Crippen MR) is 93.7 cm³/mol. The lowest BCUT2D eigenvalue weighted by molar-refractivity contribution is -0.123. The number of benzene rings is 1. The van der Waals surface area contributed by atoms with Crippen molar-refractivity contribution >= 4 is 11.6 Å². The fourth-order valence-corrected chi connectivity index (χ4v) is 2.96. The lowest BCUT2D eigenvalue weighted by Gasteiger charge is -2.34. The van der Waals surface area contributed by atoms with Crippen LogP contribution in [0, 0.1) is 18.3 Å². The van der Waals surface area contributed by atoms with E-state index in [0.717, 1.165) is 42.9 Å². The highest BCUT2D eigenvalue weighted by Crippen LogP contribution is 2.36. The van der Waals surface area contributed by atoms with Crippen molar-refractivity contribution in [3.8, 4) is 5.75 Å². The maximum atomic E-state index is 11.8. The molecule has 4 heteroatoms. The second kappa shape index (κ2) is 7.62. The second-order valence-corrected chi connectivity index (χ2v) is 7.46. The smallest absolute Gasteiger partial charge is 0.277 e. The van der Waals surface area contributed by atoms with Gasteiger partial charge in [0.2, 0.25) is 0 Å². The Hall–Kier alpha value is -1.84. The van der Waals surface area contributed by atoms with E-state index in [0.29, 0.717) is 11.2 Å². The molecule has 0 spiro atoms. The Kier molecular flexibility index (Phi) is 5.80. The van der Waals surface area contributed by atoms with Gasteiger partial charge in [-0.3, -0.25) is 4.79 Å². The van der Waals surface area contributed by atoms with Gasteiger partial charge in [-0.05, 0) is 61.6 Å². The molecule has 1 aromatic rings. The van der Waals surface area contributed by atoms with Crippen LogP contribution in [0.4, 0.5) is 0 Å². The van der Waals surface area contributed by atoms with E-state index in [1.165, 1.54) is 0 Å². The third kappa shape index (κ3) is 5.70. The van der Waals surface area contributed by atoms with Crippen molar-refractivity contribution in [1.82, 2.24) is 5.43 Å². The minimum absolute atomic E-state index is 0.00908. The van der Waals surface area contributed by atoms with Gasteiger partial charge in [0, 0.05) is 5.71 Å². The number of hydrogen-bond donors (Lipinski definition) is 1. The lowest BCUT2D eigenvalue weighted by atomic mass is 9.72. The first-order chi connectivity index (χ1) is 10.8. The molecule has 1 fully saturated rings. The third-order valence-electron chi connectivity index (χ3n) is 4.49. The highest BCUT2D eigenvalue weighted by Gasteiger charge is 2.28. The summed E-state index contributed by atoms with van der Waals surface area (Å²) >= 11 is 0. The molecule has 2 rings (SSSR count). The first kappa shape index (κ1) is 17.5. The maximum Gasteiger partial charge on any atom is 0.277 e. The maximum absolute atomic E-state index is 11.8. The average molecular weight is 316 g/mol. The van der Waals surface area contributed by atoms with Crippen LogP contribution < -0.4 is 10.2 Å². The monoisotopic (exact) mass is 316 g/mol. The summed E-state index contributed by atoms with van der Waals surface area (Å²) in [6.45, 7) is 8.87. The van der Waals surface area contributed by atoms with Gasteiger partial charge in [-0.25, -0.2) is 5.43 Å². The van der Waals surface area contributed by atoms with Crippen molar-refractivity contribution in [2.75, 3.05) is 6.61 Å². The van der Waals surface area contributed by atoms with Crippen molar-refractivity contribution in [3.63, 3.8) is 0 Å². The summed E-state index contributed by atoms with van der Waals surface area (Å²) in [5.41, 5.74) is 5.17. The summed E-state index contributed by atoms with van der Waals surface area (Å²) < 4.78 is 5.47. The molecule has 1 N–H and O–H groups in total. The van der Waals surface area contributed by atoms with Crippen LogP contribution in [0.25, 0.3) is 0 Å². The average Bonchev–Trinajstić information content (AvgIpc) is 2.50. The van der Waals surface area contributed by atoms with E-state index in [9.17, 15) is 4.79 Å². The fourth-order valence-electron chi connectivity index (χ4n) is 2.96. The summed E-state index contributed by atoms with van der Waals surface area (Å²) in [4.78, 5) is 11.8. The van der Waals surface area contributed by atoms with Gasteiger partial charge in [0.15, 0.2) is 6.61 Å². The molecule has 4 nitrogen and oxygen atoms in total. The molecule has 0 heterocycles. The Labute approximate surface area is 139 Å². The number of ether oxygens (including phenoxy) is 1. The number of amides is 1. The third-order valence-corrected chi connectivity index (χ3v) is 4.49. The fraction of sp³-hybridized carbons (Fsp3) is 0.579. The zero-order valence-corrected chi connectivity index (χ0v) is 14.7. The highest BCUT2D eigenvalue weighted by molar-refractivity contribution is 5.87. The molecule has 23 heavy (non-hydrogen) atoms. The topological polar surface area (TPSA) is 50.7 Å². The van der Waals surface area contributed by atoms with Gasteiger partial charge in [-0.1, -0.05) is 32.9 Å². The van der Waals surface area contributed by atoms with E-state index in [1.54, 1.807) is 0 Å². The van der Waals surface area contributed by atoms with E-state index >= 15 is 0 Å². The van der Waals surface area contributed by atoms with E-state index in [4.69, 9.17) is 4.74 Å². The van der Waals surface area contributed by atoms with Gasteiger partial charge in [0.25, 0.3) is 5.91 Å². The van der Waals surface area contributed by atoms with E-state index in [2.05, 4.69) is 31.3 Å². The van der Waals surface area contributed by atoms with Crippen LogP contribution in [0.15, 0.2) is 29.4 Å². The first-order valence-corrected chi connectivity index (χ1v) is 8.38. The van der Waals surface area contributed by atoms with E-state index in [-0.39, 0.29) is 12.5 Å². The lowest BCUT2D eigenvalue weighted by Crippen LogP contribution is -2.29. The zero-order valence-electron chi connectivity index (χ0n) is 14.7.